The molecule has 0 aliphatic carbocycles. The van der Waals surface area contributed by atoms with Gasteiger partial charge in [-0.05, 0) is 42.9 Å². The van der Waals surface area contributed by atoms with Crippen LogP contribution in [0.25, 0.3) is 0 Å². The Bertz CT molecular complexity index is 472. The van der Waals surface area contributed by atoms with Crippen molar-refractivity contribution < 1.29 is 4.79 Å². The summed E-state index contributed by atoms with van der Waals surface area (Å²) in [5.74, 6) is 0. The molecule has 110 valence electrons. The summed E-state index contributed by atoms with van der Waals surface area (Å²) in [4.78, 5) is 14.1. The number of benzene rings is 1. The standard InChI is InChI=1S/C16H25N3O/c1-12(17)13-5-4-6-14(11-13)18-15(20)19-9-7-16(2,3)8-10-19/h4-6,11-12H,7-10,17H2,1-3H3,(H,18,20). The van der Waals surface area contributed by atoms with Gasteiger partial charge >= 0.3 is 6.03 Å². The number of carbonyl (C=O) groups is 1. The van der Waals surface area contributed by atoms with Gasteiger partial charge in [-0.3, -0.25) is 0 Å². The zero-order chi connectivity index (χ0) is 14.8. The normalized spacial score (nSPS) is 19.5. The molecule has 1 aliphatic heterocycles. The average molecular weight is 275 g/mol. The van der Waals surface area contributed by atoms with Gasteiger partial charge < -0.3 is 16.0 Å². The number of urea groups is 1. The molecule has 0 aromatic heterocycles. The Morgan fingerprint density at radius 3 is 2.60 bits per heavy atom. The summed E-state index contributed by atoms with van der Waals surface area (Å²) in [6, 6.07) is 7.70. The molecular formula is C16H25N3O. The van der Waals surface area contributed by atoms with Crippen LogP contribution in [0, 0.1) is 5.41 Å². The fourth-order valence-electron chi connectivity index (χ4n) is 2.42. The maximum absolute atomic E-state index is 12.2. The van der Waals surface area contributed by atoms with Gasteiger partial charge in [-0.1, -0.05) is 26.0 Å². The first-order valence-electron chi connectivity index (χ1n) is 7.29. The lowest BCUT2D eigenvalue weighted by Crippen LogP contribution is -2.43. The topological polar surface area (TPSA) is 58.4 Å². The Labute approximate surface area is 121 Å². The first-order valence-corrected chi connectivity index (χ1v) is 7.29. The zero-order valence-electron chi connectivity index (χ0n) is 12.6. The maximum atomic E-state index is 12.2. The van der Waals surface area contributed by atoms with E-state index in [1.807, 2.05) is 36.1 Å². The van der Waals surface area contributed by atoms with Crippen molar-refractivity contribution in [2.24, 2.45) is 11.1 Å². The summed E-state index contributed by atoms with van der Waals surface area (Å²) in [5.41, 5.74) is 8.06. The molecule has 4 nitrogen and oxygen atoms in total. The van der Waals surface area contributed by atoms with E-state index in [2.05, 4.69) is 19.2 Å². The van der Waals surface area contributed by atoms with Gasteiger partial charge in [0.1, 0.15) is 0 Å². The van der Waals surface area contributed by atoms with E-state index in [1.54, 1.807) is 0 Å². The monoisotopic (exact) mass is 275 g/mol. The van der Waals surface area contributed by atoms with Gasteiger partial charge in [0.2, 0.25) is 0 Å². The minimum atomic E-state index is -0.0253. The van der Waals surface area contributed by atoms with E-state index in [0.29, 0.717) is 5.41 Å². The third-order valence-electron chi connectivity index (χ3n) is 4.07. The number of carbonyl (C=O) groups excluding carboxylic acids is 1. The molecule has 0 spiro atoms. The summed E-state index contributed by atoms with van der Waals surface area (Å²) in [7, 11) is 0. The first kappa shape index (κ1) is 14.9. The Balaban J connectivity index is 1.96. The van der Waals surface area contributed by atoms with Crippen LogP contribution in [0.2, 0.25) is 0 Å². The molecule has 2 rings (SSSR count). The minimum Gasteiger partial charge on any atom is -0.324 e. The Morgan fingerprint density at radius 1 is 1.35 bits per heavy atom. The average Bonchev–Trinajstić information content (AvgIpc) is 2.38. The van der Waals surface area contributed by atoms with Crippen LogP contribution in [0.15, 0.2) is 24.3 Å². The fourth-order valence-corrected chi connectivity index (χ4v) is 2.42. The molecule has 0 bridgehead atoms. The molecule has 1 aromatic carbocycles. The second-order valence-corrected chi connectivity index (χ2v) is 6.50. The summed E-state index contributed by atoms with van der Waals surface area (Å²) in [6.07, 6.45) is 2.11. The molecule has 20 heavy (non-hydrogen) atoms. The highest BCUT2D eigenvalue weighted by Gasteiger charge is 2.27. The number of piperidine rings is 1. The van der Waals surface area contributed by atoms with Crippen LogP contribution in [0.3, 0.4) is 0 Å². The molecule has 4 heteroatoms. The predicted octanol–water partition coefficient (Wildman–Crippen LogP) is 3.36. The summed E-state index contributed by atoms with van der Waals surface area (Å²) < 4.78 is 0. The van der Waals surface area contributed by atoms with Crippen molar-refractivity contribution >= 4 is 11.7 Å². The van der Waals surface area contributed by atoms with Gasteiger partial charge in [0, 0.05) is 24.8 Å². The first-order chi connectivity index (χ1) is 9.37. The van der Waals surface area contributed by atoms with Crippen LogP contribution in [0.4, 0.5) is 10.5 Å². The quantitative estimate of drug-likeness (QED) is 0.869. The highest BCUT2D eigenvalue weighted by Crippen LogP contribution is 2.30. The van der Waals surface area contributed by atoms with Crippen LogP contribution in [-0.2, 0) is 0 Å². The van der Waals surface area contributed by atoms with Crippen molar-refractivity contribution in [2.75, 3.05) is 18.4 Å². The summed E-state index contributed by atoms with van der Waals surface area (Å²) >= 11 is 0. The van der Waals surface area contributed by atoms with E-state index in [-0.39, 0.29) is 12.1 Å². The number of nitrogens with one attached hydrogen (secondary N) is 1. The molecule has 1 aromatic rings. The van der Waals surface area contributed by atoms with E-state index in [9.17, 15) is 4.79 Å². The molecule has 1 heterocycles. The largest absolute Gasteiger partial charge is 0.324 e. The third-order valence-corrected chi connectivity index (χ3v) is 4.07. The second kappa shape index (κ2) is 5.83. The van der Waals surface area contributed by atoms with Gasteiger partial charge in [-0.2, -0.15) is 0 Å². The highest BCUT2D eigenvalue weighted by molar-refractivity contribution is 5.89. The molecule has 1 saturated heterocycles. The molecule has 1 atom stereocenters. The molecular weight excluding hydrogens is 250 g/mol. The van der Waals surface area contributed by atoms with Gasteiger partial charge in [0.15, 0.2) is 0 Å². The lowest BCUT2D eigenvalue weighted by atomic mass is 9.83. The Morgan fingerprint density at radius 2 is 2.00 bits per heavy atom. The third kappa shape index (κ3) is 3.73. The van der Waals surface area contributed by atoms with E-state index in [0.717, 1.165) is 37.2 Å². The molecule has 1 aliphatic rings. The van der Waals surface area contributed by atoms with Crippen molar-refractivity contribution in [1.82, 2.24) is 4.90 Å². The van der Waals surface area contributed by atoms with Crippen LogP contribution in [0.1, 0.15) is 45.2 Å². The highest BCUT2D eigenvalue weighted by atomic mass is 16.2. The Hall–Kier alpha value is -1.55. The van der Waals surface area contributed by atoms with Gasteiger partial charge in [-0.15, -0.1) is 0 Å². The van der Waals surface area contributed by atoms with Crippen molar-refractivity contribution in [3.63, 3.8) is 0 Å². The van der Waals surface area contributed by atoms with Crippen LogP contribution >= 0.6 is 0 Å². The number of nitrogens with zero attached hydrogens (tertiary/aromatic N) is 1. The minimum absolute atomic E-state index is 0.0117. The van der Waals surface area contributed by atoms with Crippen LogP contribution < -0.4 is 11.1 Å². The number of likely N-dealkylation sites (tertiary alicyclic amines) is 1. The number of anilines is 1. The zero-order valence-corrected chi connectivity index (χ0v) is 12.6. The Kier molecular flexibility index (Phi) is 4.33. The number of hydrogen-bond donors (Lipinski definition) is 2. The van der Waals surface area contributed by atoms with E-state index < -0.39 is 0 Å². The van der Waals surface area contributed by atoms with E-state index in [1.165, 1.54) is 0 Å². The van der Waals surface area contributed by atoms with Crippen molar-refractivity contribution in [3.8, 4) is 0 Å². The van der Waals surface area contributed by atoms with Crippen molar-refractivity contribution in [2.45, 2.75) is 39.7 Å². The number of nitrogens with two attached hydrogens (primary N) is 1. The van der Waals surface area contributed by atoms with Crippen molar-refractivity contribution in [3.05, 3.63) is 29.8 Å². The molecule has 0 radical (unpaired) electrons. The van der Waals surface area contributed by atoms with E-state index >= 15 is 0 Å². The number of hydrogen-bond acceptors (Lipinski definition) is 2. The number of amides is 2. The SMILES string of the molecule is CC(N)c1cccc(NC(=O)N2CCC(C)(C)CC2)c1. The smallest absolute Gasteiger partial charge is 0.321 e. The lowest BCUT2D eigenvalue weighted by molar-refractivity contribution is 0.149. The van der Waals surface area contributed by atoms with Gasteiger partial charge in [0.25, 0.3) is 0 Å². The summed E-state index contributed by atoms with van der Waals surface area (Å²) in [5, 5.41) is 2.97. The molecule has 2 amide bonds. The maximum Gasteiger partial charge on any atom is 0.321 e. The molecule has 1 unspecified atom stereocenters. The second-order valence-electron chi connectivity index (χ2n) is 6.50. The van der Waals surface area contributed by atoms with Crippen LogP contribution in [0.5, 0.6) is 0 Å². The van der Waals surface area contributed by atoms with Gasteiger partial charge in [-0.25, -0.2) is 4.79 Å². The fraction of sp³-hybridized carbons (Fsp3) is 0.562. The van der Waals surface area contributed by atoms with Crippen molar-refractivity contribution in [1.29, 1.82) is 0 Å². The molecule has 0 saturated carbocycles. The van der Waals surface area contributed by atoms with E-state index in [4.69, 9.17) is 5.73 Å². The molecule has 3 N–H and O–H groups in total. The predicted molar refractivity (Wildman–Crippen MR) is 82.7 cm³/mol. The summed E-state index contributed by atoms with van der Waals surface area (Å²) in [6.45, 7) is 8.11. The number of rotatable bonds is 2. The lowest BCUT2D eigenvalue weighted by Gasteiger charge is -2.36. The molecule has 1 fully saturated rings. The van der Waals surface area contributed by atoms with Crippen LogP contribution in [-0.4, -0.2) is 24.0 Å². The van der Waals surface area contributed by atoms with Gasteiger partial charge in [0.05, 0.1) is 0 Å².